The Morgan fingerprint density at radius 3 is 2.44 bits per heavy atom. The molecule has 1 heterocycles. The van der Waals surface area contributed by atoms with Gasteiger partial charge in [-0.3, -0.25) is 9.59 Å². The number of carbonyl (C=O) groups excluding carboxylic acids is 1. The molecule has 126 valence electrons. The summed E-state index contributed by atoms with van der Waals surface area (Å²) in [6.45, 7) is 0.434. The van der Waals surface area contributed by atoms with Gasteiger partial charge < -0.3 is 10.3 Å². The molecule has 0 saturated heterocycles. The zero-order valence-corrected chi connectivity index (χ0v) is 14.2. The standard InChI is InChI=1S/C20H17ClN2O2/c21-16-8-6-14(7-9-16)10-12-22-19(24)18-17(11-13-23-20(18)25)15-4-2-1-3-5-15/h1-9,11,13H,10,12H2,(H,22,24)(H,23,25). The molecule has 0 atom stereocenters. The molecular formula is C20H17ClN2O2. The van der Waals surface area contributed by atoms with E-state index in [1.807, 2.05) is 54.6 Å². The van der Waals surface area contributed by atoms with E-state index in [0.29, 0.717) is 23.6 Å². The van der Waals surface area contributed by atoms with Crippen molar-refractivity contribution in [3.8, 4) is 11.1 Å². The molecule has 0 unspecified atom stereocenters. The lowest BCUT2D eigenvalue weighted by Gasteiger charge is -2.09. The topological polar surface area (TPSA) is 62.0 Å². The summed E-state index contributed by atoms with van der Waals surface area (Å²) >= 11 is 5.86. The number of rotatable bonds is 5. The van der Waals surface area contributed by atoms with Gasteiger partial charge in [0.15, 0.2) is 0 Å². The minimum Gasteiger partial charge on any atom is -0.352 e. The zero-order chi connectivity index (χ0) is 17.6. The van der Waals surface area contributed by atoms with E-state index in [1.165, 1.54) is 0 Å². The van der Waals surface area contributed by atoms with Crippen LogP contribution in [0.2, 0.25) is 5.02 Å². The SMILES string of the molecule is O=C(NCCc1ccc(Cl)cc1)c1c(-c2ccccc2)cc[nH]c1=O. The van der Waals surface area contributed by atoms with Gasteiger partial charge in [-0.25, -0.2) is 0 Å². The van der Waals surface area contributed by atoms with Crippen LogP contribution in [0, 0.1) is 0 Å². The molecule has 0 aliphatic heterocycles. The van der Waals surface area contributed by atoms with Crippen molar-refractivity contribution < 1.29 is 4.79 Å². The lowest BCUT2D eigenvalue weighted by Crippen LogP contribution is -2.31. The smallest absolute Gasteiger partial charge is 0.261 e. The van der Waals surface area contributed by atoms with Crippen molar-refractivity contribution in [3.63, 3.8) is 0 Å². The Labute approximate surface area is 150 Å². The largest absolute Gasteiger partial charge is 0.352 e. The maximum atomic E-state index is 12.6. The zero-order valence-electron chi connectivity index (χ0n) is 13.5. The first-order valence-corrected chi connectivity index (χ1v) is 8.33. The molecule has 0 radical (unpaired) electrons. The second-order valence-corrected chi connectivity index (χ2v) is 6.03. The molecule has 0 aliphatic rings. The number of benzene rings is 2. The number of hydrogen-bond donors (Lipinski definition) is 2. The molecule has 5 heteroatoms. The fourth-order valence-corrected chi connectivity index (χ4v) is 2.75. The number of pyridine rings is 1. The van der Waals surface area contributed by atoms with E-state index in [1.54, 1.807) is 12.3 Å². The van der Waals surface area contributed by atoms with Crippen molar-refractivity contribution in [1.82, 2.24) is 10.3 Å². The Morgan fingerprint density at radius 1 is 1.00 bits per heavy atom. The van der Waals surface area contributed by atoms with Gasteiger partial charge in [0.05, 0.1) is 0 Å². The van der Waals surface area contributed by atoms with Gasteiger partial charge in [0.1, 0.15) is 5.56 Å². The molecule has 0 fully saturated rings. The normalized spacial score (nSPS) is 10.4. The van der Waals surface area contributed by atoms with E-state index in [4.69, 9.17) is 11.6 Å². The summed E-state index contributed by atoms with van der Waals surface area (Å²) in [6, 6.07) is 18.6. The summed E-state index contributed by atoms with van der Waals surface area (Å²) in [5.41, 5.74) is 2.25. The van der Waals surface area contributed by atoms with Gasteiger partial charge in [-0.15, -0.1) is 0 Å². The number of hydrogen-bond acceptors (Lipinski definition) is 2. The predicted molar refractivity (Wildman–Crippen MR) is 100.0 cm³/mol. The maximum absolute atomic E-state index is 12.6. The average Bonchev–Trinajstić information content (AvgIpc) is 2.64. The molecule has 0 bridgehead atoms. The lowest BCUT2D eigenvalue weighted by atomic mass is 10.0. The van der Waals surface area contributed by atoms with E-state index in [2.05, 4.69) is 10.3 Å². The number of aromatic nitrogens is 1. The Balaban J connectivity index is 1.76. The average molecular weight is 353 g/mol. The highest BCUT2D eigenvalue weighted by molar-refractivity contribution is 6.30. The molecule has 4 nitrogen and oxygen atoms in total. The Bertz CT molecular complexity index is 918. The number of carbonyl (C=O) groups is 1. The lowest BCUT2D eigenvalue weighted by molar-refractivity contribution is 0.0953. The minimum absolute atomic E-state index is 0.129. The van der Waals surface area contributed by atoms with Crippen LogP contribution in [0.4, 0.5) is 0 Å². The van der Waals surface area contributed by atoms with Crippen LogP contribution in [0.15, 0.2) is 71.7 Å². The van der Waals surface area contributed by atoms with Gasteiger partial charge in [-0.1, -0.05) is 54.1 Å². The van der Waals surface area contributed by atoms with Crippen molar-refractivity contribution >= 4 is 17.5 Å². The van der Waals surface area contributed by atoms with Gasteiger partial charge in [-0.2, -0.15) is 0 Å². The second kappa shape index (κ2) is 7.81. The van der Waals surface area contributed by atoms with E-state index < -0.39 is 5.56 Å². The van der Waals surface area contributed by atoms with Gasteiger partial charge >= 0.3 is 0 Å². The first-order chi connectivity index (χ1) is 12.1. The molecule has 0 aliphatic carbocycles. The highest BCUT2D eigenvalue weighted by Gasteiger charge is 2.16. The highest BCUT2D eigenvalue weighted by atomic mass is 35.5. The van der Waals surface area contributed by atoms with Crippen molar-refractivity contribution in [1.29, 1.82) is 0 Å². The molecule has 0 spiro atoms. The number of aromatic amines is 1. The van der Waals surface area contributed by atoms with Crippen molar-refractivity contribution in [2.75, 3.05) is 6.54 Å². The third kappa shape index (κ3) is 4.17. The second-order valence-electron chi connectivity index (χ2n) is 5.59. The molecule has 3 rings (SSSR count). The van der Waals surface area contributed by atoms with Crippen molar-refractivity contribution in [2.24, 2.45) is 0 Å². The molecule has 2 aromatic carbocycles. The minimum atomic E-state index is -0.398. The fraction of sp³-hybridized carbons (Fsp3) is 0.100. The van der Waals surface area contributed by atoms with Crippen molar-refractivity contribution in [2.45, 2.75) is 6.42 Å². The number of amides is 1. The van der Waals surface area contributed by atoms with Crippen LogP contribution in [-0.2, 0) is 6.42 Å². The first kappa shape index (κ1) is 17.0. The summed E-state index contributed by atoms with van der Waals surface area (Å²) in [5.74, 6) is -0.380. The van der Waals surface area contributed by atoms with E-state index in [-0.39, 0.29) is 11.5 Å². The molecule has 25 heavy (non-hydrogen) atoms. The van der Waals surface area contributed by atoms with Gasteiger partial charge in [0, 0.05) is 23.3 Å². The van der Waals surface area contributed by atoms with Crippen LogP contribution < -0.4 is 10.9 Å². The molecule has 3 aromatic rings. The Kier molecular flexibility index (Phi) is 5.31. The number of halogens is 1. The monoisotopic (exact) mass is 352 g/mol. The number of nitrogens with one attached hydrogen (secondary N) is 2. The summed E-state index contributed by atoms with van der Waals surface area (Å²) in [7, 11) is 0. The third-order valence-electron chi connectivity index (χ3n) is 3.89. The molecule has 1 aromatic heterocycles. The van der Waals surface area contributed by atoms with Crippen molar-refractivity contribution in [3.05, 3.63) is 93.4 Å². The molecule has 2 N–H and O–H groups in total. The van der Waals surface area contributed by atoms with Gasteiger partial charge in [-0.05, 0) is 35.7 Å². The Morgan fingerprint density at radius 2 is 1.72 bits per heavy atom. The van der Waals surface area contributed by atoms with Crippen LogP contribution >= 0.6 is 11.6 Å². The molecule has 1 amide bonds. The maximum Gasteiger partial charge on any atom is 0.261 e. The first-order valence-electron chi connectivity index (χ1n) is 7.95. The van der Waals surface area contributed by atoms with Crippen LogP contribution in [0.1, 0.15) is 15.9 Å². The number of H-pyrrole nitrogens is 1. The van der Waals surface area contributed by atoms with E-state index in [9.17, 15) is 9.59 Å². The Hall–Kier alpha value is -2.85. The van der Waals surface area contributed by atoms with Crippen LogP contribution in [0.25, 0.3) is 11.1 Å². The molecule has 0 saturated carbocycles. The van der Waals surface area contributed by atoms with Gasteiger partial charge in [0.25, 0.3) is 11.5 Å². The highest BCUT2D eigenvalue weighted by Crippen LogP contribution is 2.20. The summed E-state index contributed by atoms with van der Waals surface area (Å²) < 4.78 is 0. The van der Waals surface area contributed by atoms with E-state index >= 15 is 0 Å². The van der Waals surface area contributed by atoms with E-state index in [0.717, 1.165) is 11.1 Å². The fourth-order valence-electron chi connectivity index (χ4n) is 2.62. The summed E-state index contributed by atoms with van der Waals surface area (Å²) in [5, 5.41) is 3.50. The third-order valence-corrected chi connectivity index (χ3v) is 4.14. The predicted octanol–water partition coefficient (Wildman–Crippen LogP) is 3.67. The summed E-state index contributed by atoms with van der Waals surface area (Å²) in [4.78, 5) is 27.3. The van der Waals surface area contributed by atoms with Crippen LogP contribution in [-0.4, -0.2) is 17.4 Å². The van der Waals surface area contributed by atoms with Crippen LogP contribution in [0.3, 0.4) is 0 Å². The molecular weight excluding hydrogens is 336 g/mol. The van der Waals surface area contributed by atoms with Crippen LogP contribution in [0.5, 0.6) is 0 Å². The summed E-state index contributed by atoms with van der Waals surface area (Å²) in [6.07, 6.45) is 2.21. The van der Waals surface area contributed by atoms with Gasteiger partial charge in [0.2, 0.25) is 0 Å². The quantitative estimate of drug-likeness (QED) is 0.736.